The topological polar surface area (TPSA) is 37.3 Å². The Morgan fingerprint density at radius 2 is 1.67 bits per heavy atom. The standard InChI is InChI=1S/C14H7ClF4O2/c15-11-5-10(13(20)21)12(16)6-9(11)7-1-3-8(4-2-7)14(17,18)19/h1-6H,(H,20,21). The molecule has 0 aliphatic rings. The van der Waals surface area contributed by atoms with E-state index in [4.69, 9.17) is 16.7 Å². The maximum absolute atomic E-state index is 13.6. The molecule has 0 aliphatic heterocycles. The first-order chi connectivity index (χ1) is 9.70. The van der Waals surface area contributed by atoms with Gasteiger partial charge < -0.3 is 5.11 Å². The van der Waals surface area contributed by atoms with Gasteiger partial charge >= 0.3 is 12.1 Å². The summed E-state index contributed by atoms with van der Waals surface area (Å²) in [6.45, 7) is 0. The van der Waals surface area contributed by atoms with Gasteiger partial charge in [-0.15, -0.1) is 0 Å². The second-order valence-corrected chi connectivity index (χ2v) is 4.60. The van der Waals surface area contributed by atoms with Crippen molar-refractivity contribution in [3.63, 3.8) is 0 Å². The van der Waals surface area contributed by atoms with Crippen molar-refractivity contribution < 1.29 is 27.5 Å². The minimum atomic E-state index is -4.47. The predicted octanol–water partition coefficient (Wildman–Crippen LogP) is 4.86. The number of rotatable bonds is 2. The lowest BCUT2D eigenvalue weighted by Crippen LogP contribution is -2.04. The number of hydrogen-bond acceptors (Lipinski definition) is 1. The molecular formula is C14H7ClF4O2. The fourth-order valence-corrected chi connectivity index (χ4v) is 2.04. The predicted molar refractivity (Wildman–Crippen MR) is 68.8 cm³/mol. The van der Waals surface area contributed by atoms with Crippen LogP contribution in [-0.4, -0.2) is 11.1 Å². The third-order valence-electron chi connectivity index (χ3n) is 2.81. The summed E-state index contributed by atoms with van der Waals surface area (Å²) in [6.07, 6.45) is -4.47. The average Bonchev–Trinajstić information content (AvgIpc) is 2.40. The maximum atomic E-state index is 13.6. The molecular weight excluding hydrogens is 312 g/mol. The molecule has 2 aromatic carbocycles. The second-order valence-electron chi connectivity index (χ2n) is 4.19. The van der Waals surface area contributed by atoms with Crippen molar-refractivity contribution in [1.29, 1.82) is 0 Å². The van der Waals surface area contributed by atoms with Crippen LogP contribution in [0.25, 0.3) is 11.1 Å². The molecule has 0 atom stereocenters. The van der Waals surface area contributed by atoms with Gasteiger partial charge in [-0.2, -0.15) is 13.2 Å². The van der Waals surface area contributed by atoms with Gasteiger partial charge in [-0.3, -0.25) is 0 Å². The third-order valence-corrected chi connectivity index (χ3v) is 3.12. The molecule has 0 aliphatic carbocycles. The average molecular weight is 319 g/mol. The van der Waals surface area contributed by atoms with Crippen LogP contribution in [0, 0.1) is 5.82 Å². The molecule has 0 fully saturated rings. The monoisotopic (exact) mass is 318 g/mol. The van der Waals surface area contributed by atoms with Gasteiger partial charge in [0, 0.05) is 10.6 Å². The molecule has 0 bridgehead atoms. The molecule has 7 heteroatoms. The number of carbonyl (C=O) groups is 1. The Balaban J connectivity index is 2.48. The minimum absolute atomic E-state index is 0.0615. The van der Waals surface area contributed by atoms with Gasteiger partial charge in [-0.05, 0) is 29.8 Å². The zero-order valence-corrected chi connectivity index (χ0v) is 11.0. The first-order valence-corrected chi connectivity index (χ1v) is 5.98. The number of hydrogen-bond donors (Lipinski definition) is 1. The van der Waals surface area contributed by atoms with Gasteiger partial charge in [-0.1, -0.05) is 23.7 Å². The molecule has 2 nitrogen and oxygen atoms in total. The number of carboxylic acids is 1. The molecule has 0 radical (unpaired) electrons. The highest BCUT2D eigenvalue weighted by atomic mass is 35.5. The number of benzene rings is 2. The quantitative estimate of drug-likeness (QED) is 0.803. The van der Waals surface area contributed by atoms with Crippen LogP contribution in [0.2, 0.25) is 5.02 Å². The van der Waals surface area contributed by atoms with Crippen LogP contribution in [0.3, 0.4) is 0 Å². The van der Waals surface area contributed by atoms with E-state index in [1.807, 2.05) is 0 Å². The van der Waals surface area contributed by atoms with Crippen molar-refractivity contribution in [3.05, 3.63) is 58.4 Å². The van der Waals surface area contributed by atoms with Crippen molar-refractivity contribution in [3.8, 4) is 11.1 Å². The van der Waals surface area contributed by atoms with E-state index in [1.165, 1.54) is 0 Å². The largest absolute Gasteiger partial charge is 0.478 e. The fourth-order valence-electron chi connectivity index (χ4n) is 1.77. The van der Waals surface area contributed by atoms with Gasteiger partial charge in [0.2, 0.25) is 0 Å². The summed E-state index contributed by atoms with van der Waals surface area (Å²) in [5, 5.41) is 8.69. The van der Waals surface area contributed by atoms with Gasteiger partial charge in [0.25, 0.3) is 0 Å². The van der Waals surface area contributed by atoms with Gasteiger partial charge in [0.05, 0.1) is 11.1 Å². The van der Waals surface area contributed by atoms with Crippen LogP contribution >= 0.6 is 11.6 Å². The Kier molecular flexibility index (Phi) is 3.91. The lowest BCUT2D eigenvalue weighted by Gasteiger charge is -2.10. The van der Waals surface area contributed by atoms with E-state index in [2.05, 4.69) is 0 Å². The highest BCUT2D eigenvalue weighted by Gasteiger charge is 2.30. The summed E-state index contributed by atoms with van der Waals surface area (Å²) in [6, 6.07) is 5.78. The van der Waals surface area contributed by atoms with Gasteiger partial charge in [0.15, 0.2) is 0 Å². The maximum Gasteiger partial charge on any atom is 0.416 e. The van der Waals surface area contributed by atoms with Crippen LogP contribution in [0.1, 0.15) is 15.9 Å². The SMILES string of the molecule is O=C(O)c1cc(Cl)c(-c2ccc(C(F)(F)F)cc2)cc1F. The Hall–Kier alpha value is -2.08. The highest BCUT2D eigenvalue weighted by molar-refractivity contribution is 6.33. The van der Waals surface area contributed by atoms with E-state index >= 15 is 0 Å². The van der Waals surface area contributed by atoms with E-state index in [9.17, 15) is 22.4 Å². The minimum Gasteiger partial charge on any atom is -0.478 e. The molecule has 2 rings (SSSR count). The molecule has 110 valence electrons. The number of carboxylic acid groups (broad SMARTS) is 1. The summed E-state index contributed by atoms with van der Waals surface area (Å²) >= 11 is 5.86. The number of alkyl halides is 3. The summed E-state index contributed by atoms with van der Waals surface area (Å²) < 4.78 is 51.0. The summed E-state index contributed by atoms with van der Waals surface area (Å²) in [5.74, 6) is -2.49. The lowest BCUT2D eigenvalue weighted by atomic mass is 10.0. The smallest absolute Gasteiger partial charge is 0.416 e. The third kappa shape index (κ3) is 3.16. The van der Waals surface area contributed by atoms with Crippen molar-refractivity contribution in [2.24, 2.45) is 0 Å². The van der Waals surface area contributed by atoms with Crippen LogP contribution in [-0.2, 0) is 6.18 Å². The van der Waals surface area contributed by atoms with E-state index in [0.29, 0.717) is 0 Å². The lowest BCUT2D eigenvalue weighted by molar-refractivity contribution is -0.137. The van der Waals surface area contributed by atoms with Gasteiger partial charge in [-0.25, -0.2) is 9.18 Å². The first kappa shape index (κ1) is 15.3. The van der Waals surface area contributed by atoms with Crippen LogP contribution < -0.4 is 0 Å². The summed E-state index contributed by atoms with van der Waals surface area (Å²) in [5.41, 5.74) is -1.07. The zero-order valence-electron chi connectivity index (χ0n) is 10.2. The first-order valence-electron chi connectivity index (χ1n) is 5.60. The van der Waals surface area contributed by atoms with Gasteiger partial charge in [0.1, 0.15) is 5.82 Å². The molecule has 0 saturated heterocycles. The van der Waals surface area contributed by atoms with Crippen LogP contribution in [0.4, 0.5) is 17.6 Å². The normalized spacial score (nSPS) is 11.5. The van der Waals surface area contributed by atoms with Crippen molar-refractivity contribution in [2.45, 2.75) is 6.18 Å². The molecule has 0 aromatic heterocycles. The van der Waals surface area contributed by atoms with Crippen LogP contribution in [0.15, 0.2) is 36.4 Å². The summed E-state index contributed by atoms with van der Waals surface area (Å²) in [4.78, 5) is 10.8. The molecule has 2 aromatic rings. The highest BCUT2D eigenvalue weighted by Crippen LogP contribution is 2.34. The second kappa shape index (κ2) is 5.37. The Bertz CT molecular complexity index is 693. The zero-order chi connectivity index (χ0) is 15.8. The van der Waals surface area contributed by atoms with E-state index in [1.54, 1.807) is 0 Å². The molecule has 1 N–H and O–H groups in total. The van der Waals surface area contributed by atoms with Crippen molar-refractivity contribution >= 4 is 17.6 Å². The molecule has 0 saturated carbocycles. The molecule has 0 heterocycles. The molecule has 0 spiro atoms. The van der Waals surface area contributed by atoms with E-state index < -0.39 is 29.1 Å². The molecule has 0 unspecified atom stereocenters. The number of halogens is 5. The Labute approximate surface area is 121 Å². The van der Waals surface area contributed by atoms with Crippen LogP contribution in [0.5, 0.6) is 0 Å². The fraction of sp³-hybridized carbons (Fsp3) is 0.0714. The molecule has 21 heavy (non-hydrogen) atoms. The molecule has 0 amide bonds. The summed E-state index contributed by atoms with van der Waals surface area (Å²) in [7, 11) is 0. The van der Waals surface area contributed by atoms with E-state index in [0.717, 1.165) is 36.4 Å². The Morgan fingerprint density at radius 3 is 2.14 bits per heavy atom. The van der Waals surface area contributed by atoms with Crippen molar-refractivity contribution in [2.75, 3.05) is 0 Å². The van der Waals surface area contributed by atoms with Crippen molar-refractivity contribution in [1.82, 2.24) is 0 Å². The number of aromatic carboxylic acids is 1. The Morgan fingerprint density at radius 1 is 1.10 bits per heavy atom. The van der Waals surface area contributed by atoms with E-state index in [-0.39, 0.29) is 16.1 Å².